The van der Waals surface area contributed by atoms with E-state index in [0.717, 1.165) is 18.4 Å². The van der Waals surface area contributed by atoms with Gasteiger partial charge in [-0.3, -0.25) is 0 Å². The van der Waals surface area contributed by atoms with Gasteiger partial charge in [0.2, 0.25) is 0 Å². The molecule has 0 unspecified atom stereocenters. The topological polar surface area (TPSA) is 32.3 Å². The quantitative estimate of drug-likeness (QED) is 0.897. The standard InChI is InChI=1S/C19H21FN2O/c1-22(13-15-7-9-17(20)10-8-15)18(23)21-14-19(11-12-19)16-5-3-2-4-6-16/h2-10H,11-14H2,1H3,(H,21,23). The van der Waals surface area contributed by atoms with E-state index in [1.165, 1.54) is 17.7 Å². The Labute approximate surface area is 136 Å². The van der Waals surface area contributed by atoms with Gasteiger partial charge >= 0.3 is 6.03 Å². The number of nitrogens with one attached hydrogen (secondary N) is 1. The third-order valence-electron chi connectivity index (χ3n) is 4.50. The Morgan fingerprint density at radius 3 is 2.39 bits per heavy atom. The maximum absolute atomic E-state index is 12.9. The number of amides is 2. The van der Waals surface area contributed by atoms with Gasteiger partial charge in [0.15, 0.2) is 0 Å². The minimum Gasteiger partial charge on any atom is -0.337 e. The lowest BCUT2D eigenvalue weighted by Gasteiger charge is -2.21. The number of nitrogens with zero attached hydrogens (tertiary/aromatic N) is 1. The normalized spacial score (nSPS) is 15.0. The summed E-state index contributed by atoms with van der Waals surface area (Å²) in [6.45, 7) is 1.12. The van der Waals surface area contributed by atoms with Crippen molar-refractivity contribution in [2.45, 2.75) is 24.8 Å². The Hall–Kier alpha value is -2.36. The van der Waals surface area contributed by atoms with E-state index in [-0.39, 0.29) is 17.3 Å². The summed E-state index contributed by atoms with van der Waals surface area (Å²) < 4.78 is 12.9. The Morgan fingerprint density at radius 2 is 1.78 bits per heavy atom. The van der Waals surface area contributed by atoms with Gasteiger partial charge in [-0.15, -0.1) is 0 Å². The fourth-order valence-corrected chi connectivity index (χ4v) is 2.83. The molecular formula is C19H21FN2O. The number of rotatable bonds is 5. The van der Waals surface area contributed by atoms with E-state index >= 15 is 0 Å². The van der Waals surface area contributed by atoms with Crippen LogP contribution in [0.2, 0.25) is 0 Å². The van der Waals surface area contributed by atoms with Crippen LogP contribution >= 0.6 is 0 Å². The minimum atomic E-state index is -0.264. The molecule has 1 saturated carbocycles. The SMILES string of the molecule is CN(Cc1ccc(F)cc1)C(=O)NCC1(c2ccccc2)CC1. The van der Waals surface area contributed by atoms with Crippen LogP contribution in [0.3, 0.4) is 0 Å². The van der Waals surface area contributed by atoms with E-state index in [0.29, 0.717) is 13.1 Å². The first-order chi connectivity index (χ1) is 11.1. The van der Waals surface area contributed by atoms with Crippen LogP contribution in [0.5, 0.6) is 0 Å². The van der Waals surface area contributed by atoms with Crippen LogP contribution in [0, 0.1) is 5.82 Å². The van der Waals surface area contributed by atoms with Gasteiger partial charge in [0, 0.05) is 25.6 Å². The van der Waals surface area contributed by atoms with Crippen molar-refractivity contribution in [3.05, 3.63) is 71.5 Å². The van der Waals surface area contributed by atoms with Crippen LogP contribution in [0.25, 0.3) is 0 Å². The van der Waals surface area contributed by atoms with Crippen LogP contribution in [0.15, 0.2) is 54.6 Å². The van der Waals surface area contributed by atoms with Gasteiger partial charge in [-0.1, -0.05) is 42.5 Å². The smallest absolute Gasteiger partial charge is 0.317 e. The number of carbonyl (C=O) groups excluding carboxylic acids is 1. The highest BCUT2D eigenvalue weighted by molar-refractivity contribution is 5.74. The molecule has 0 spiro atoms. The lowest BCUT2D eigenvalue weighted by molar-refractivity contribution is 0.206. The van der Waals surface area contributed by atoms with Crippen molar-refractivity contribution in [3.63, 3.8) is 0 Å². The largest absolute Gasteiger partial charge is 0.337 e. The van der Waals surface area contributed by atoms with Crippen LogP contribution in [0.4, 0.5) is 9.18 Å². The van der Waals surface area contributed by atoms with Crippen LogP contribution < -0.4 is 5.32 Å². The summed E-state index contributed by atoms with van der Waals surface area (Å²) >= 11 is 0. The monoisotopic (exact) mass is 312 g/mol. The molecule has 23 heavy (non-hydrogen) atoms. The lowest BCUT2D eigenvalue weighted by Crippen LogP contribution is -2.40. The molecule has 0 saturated heterocycles. The van der Waals surface area contributed by atoms with Crippen molar-refractivity contribution in [1.82, 2.24) is 10.2 Å². The van der Waals surface area contributed by atoms with Crippen LogP contribution in [0.1, 0.15) is 24.0 Å². The van der Waals surface area contributed by atoms with Gasteiger partial charge in [-0.05, 0) is 36.1 Å². The van der Waals surface area contributed by atoms with Gasteiger partial charge in [0.05, 0.1) is 0 Å². The highest BCUT2D eigenvalue weighted by Crippen LogP contribution is 2.47. The lowest BCUT2D eigenvalue weighted by atomic mass is 9.96. The molecule has 2 amide bonds. The fourth-order valence-electron chi connectivity index (χ4n) is 2.83. The van der Waals surface area contributed by atoms with Crippen molar-refractivity contribution in [2.24, 2.45) is 0 Å². The summed E-state index contributed by atoms with van der Waals surface area (Å²) in [7, 11) is 1.75. The molecule has 0 bridgehead atoms. The summed E-state index contributed by atoms with van der Waals surface area (Å²) in [6.07, 6.45) is 2.22. The van der Waals surface area contributed by atoms with E-state index in [1.54, 1.807) is 24.1 Å². The number of benzene rings is 2. The molecule has 4 heteroatoms. The van der Waals surface area contributed by atoms with E-state index in [4.69, 9.17) is 0 Å². The second-order valence-corrected chi connectivity index (χ2v) is 6.29. The summed E-state index contributed by atoms with van der Waals surface area (Å²) in [5, 5.41) is 3.03. The Morgan fingerprint density at radius 1 is 1.13 bits per heavy atom. The van der Waals surface area contributed by atoms with E-state index in [1.807, 2.05) is 18.2 Å². The number of hydrogen-bond donors (Lipinski definition) is 1. The van der Waals surface area contributed by atoms with Crippen LogP contribution in [-0.4, -0.2) is 24.5 Å². The van der Waals surface area contributed by atoms with Crippen molar-refractivity contribution in [1.29, 1.82) is 0 Å². The molecule has 120 valence electrons. The van der Waals surface area contributed by atoms with Crippen molar-refractivity contribution < 1.29 is 9.18 Å². The Balaban J connectivity index is 1.54. The molecule has 1 fully saturated rings. The maximum Gasteiger partial charge on any atom is 0.317 e. The fraction of sp³-hybridized carbons (Fsp3) is 0.316. The molecule has 1 N–H and O–H groups in total. The zero-order valence-electron chi connectivity index (χ0n) is 13.3. The number of urea groups is 1. The first-order valence-corrected chi connectivity index (χ1v) is 7.88. The van der Waals surface area contributed by atoms with E-state index < -0.39 is 0 Å². The van der Waals surface area contributed by atoms with Gasteiger partial charge in [0.1, 0.15) is 5.82 Å². The van der Waals surface area contributed by atoms with Crippen molar-refractivity contribution >= 4 is 6.03 Å². The van der Waals surface area contributed by atoms with E-state index in [2.05, 4.69) is 17.4 Å². The molecule has 2 aromatic carbocycles. The second kappa shape index (κ2) is 6.41. The third kappa shape index (κ3) is 3.70. The minimum absolute atomic E-state index is 0.100. The average molecular weight is 312 g/mol. The molecule has 3 nitrogen and oxygen atoms in total. The highest BCUT2D eigenvalue weighted by atomic mass is 19.1. The van der Waals surface area contributed by atoms with Gasteiger partial charge < -0.3 is 10.2 Å². The summed E-state index contributed by atoms with van der Waals surface area (Å²) in [4.78, 5) is 13.9. The first kappa shape index (κ1) is 15.5. The second-order valence-electron chi connectivity index (χ2n) is 6.29. The summed E-state index contributed by atoms with van der Waals surface area (Å²) in [5.74, 6) is -0.264. The van der Waals surface area contributed by atoms with Crippen molar-refractivity contribution in [3.8, 4) is 0 Å². The molecular weight excluding hydrogens is 291 g/mol. The van der Waals surface area contributed by atoms with Gasteiger partial charge in [-0.25, -0.2) is 9.18 Å². The molecule has 0 aliphatic heterocycles. The summed E-state index contributed by atoms with van der Waals surface area (Å²) in [5.41, 5.74) is 2.31. The van der Waals surface area contributed by atoms with Gasteiger partial charge in [-0.2, -0.15) is 0 Å². The van der Waals surface area contributed by atoms with Gasteiger partial charge in [0.25, 0.3) is 0 Å². The third-order valence-corrected chi connectivity index (χ3v) is 4.50. The molecule has 0 aromatic heterocycles. The molecule has 1 aliphatic carbocycles. The first-order valence-electron chi connectivity index (χ1n) is 7.88. The Kier molecular flexibility index (Phi) is 4.33. The Bertz CT molecular complexity index is 666. The zero-order valence-corrected chi connectivity index (χ0v) is 13.3. The summed E-state index contributed by atoms with van der Waals surface area (Å²) in [6, 6.07) is 16.5. The maximum atomic E-state index is 12.9. The molecule has 1 aliphatic rings. The zero-order chi connectivity index (χ0) is 16.3. The van der Waals surface area contributed by atoms with Crippen molar-refractivity contribution in [2.75, 3.05) is 13.6 Å². The molecule has 3 rings (SSSR count). The number of halogens is 1. The predicted molar refractivity (Wildman–Crippen MR) is 88.6 cm³/mol. The molecule has 0 heterocycles. The highest BCUT2D eigenvalue weighted by Gasteiger charge is 2.44. The van der Waals surface area contributed by atoms with Crippen LogP contribution in [-0.2, 0) is 12.0 Å². The number of carbonyl (C=O) groups is 1. The average Bonchev–Trinajstić information content (AvgIpc) is 3.37. The van der Waals surface area contributed by atoms with E-state index in [9.17, 15) is 9.18 Å². The molecule has 2 aromatic rings. The number of hydrogen-bond acceptors (Lipinski definition) is 1. The molecule has 0 atom stereocenters. The predicted octanol–water partition coefficient (Wildman–Crippen LogP) is 3.70. The molecule has 0 radical (unpaired) electrons.